The normalized spacial score (nSPS) is 12.4. The Labute approximate surface area is 127 Å². The fourth-order valence-electron chi connectivity index (χ4n) is 2.09. The predicted octanol–water partition coefficient (Wildman–Crippen LogP) is 1.83. The van der Waals surface area contributed by atoms with Gasteiger partial charge in [0.25, 0.3) is 0 Å². The second-order valence-electron chi connectivity index (χ2n) is 4.89. The van der Waals surface area contributed by atoms with Gasteiger partial charge in [0, 0.05) is 25.4 Å². The number of amides is 1. The molecule has 0 aliphatic heterocycles. The molecule has 0 aliphatic rings. The fourth-order valence-corrected chi connectivity index (χ4v) is 2.09. The van der Waals surface area contributed by atoms with Gasteiger partial charge in [-0.1, -0.05) is 19.1 Å². The van der Waals surface area contributed by atoms with Crippen LogP contribution in [0.3, 0.4) is 0 Å². The maximum atomic E-state index is 12.3. The number of nitrogens with one attached hydrogen (secondary N) is 1. The summed E-state index contributed by atoms with van der Waals surface area (Å²) in [5.41, 5.74) is 7.40. The molecule has 0 bridgehead atoms. The van der Waals surface area contributed by atoms with Gasteiger partial charge in [0.1, 0.15) is 0 Å². The predicted molar refractivity (Wildman–Crippen MR) is 86.2 cm³/mol. The van der Waals surface area contributed by atoms with E-state index in [0.29, 0.717) is 19.8 Å². The lowest BCUT2D eigenvalue weighted by atomic mass is 10.2. The fraction of sp³-hybridized carbons (Fsp3) is 0.562. The molecule has 0 spiro atoms. The van der Waals surface area contributed by atoms with Gasteiger partial charge in [-0.2, -0.15) is 0 Å². The van der Waals surface area contributed by atoms with Crippen LogP contribution in [0.5, 0.6) is 0 Å². The summed E-state index contributed by atoms with van der Waals surface area (Å²) in [5, 5.41) is 2.94. The molecule has 0 saturated carbocycles. The molecule has 1 amide bonds. The van der Waals surface area contributed by atoms with Crippen LogP contribution in [0.15, 0.2) is 24.3 Å². The number of anilines is 1. The molecule has 21 heavy (non-hydrogen) atoms. The third-order valence-electron chi connectivity index (χ3n) is 3.52. The van der Waals surface area contributed by atoms with Crippen molar-refractivity contribution in [1.82, 2.24) is 4.90 Å². The maximum Gasteiger partial charge on any atom is 0.241 e. The third kappa shape index (κ3) is 5.83. The van der Waals surface area contributed by atoms with Gasteiger partial charge >= 0.3 is 0 Å². The van der Waals surface area contributed by atoms with Gasteiger partial charge in [0.05, 0.1) is 12.6 Å². The molecule has 0 aromatic heterocycles. The minimum atomic E-state index is -0.190. The molecule has 1 atom stereocenters. The molecule has 5 heteroatoms. The van der Waals surface area contributed by atoms with Gasteiger partial charge in [0.2, 0.25) is 5.91 Å². The molecule has 0 saturated heterocycles. The van der Waals surface area contributed by atoms with Gasteiger partial charge in [-0.3, -0.25) is 9.69 Å². The molecule has 0 heterocycles. The number of carbonyl (C=O) groups excluding carboxylic acids is 1. The number of nitrogens with zero attached hydrogens (tertiary/aromatic N) is 1. The number of hydrogen-bond acceptors (Lipinski definition) is 4. The van der Waals surface area contributed by atoms with Crippen molar-refractivity contribution in [2.24, 2.45) is 5.73 Å². The summed E-state index contributed by atoms with van der Waals surface area (Å²) in [6, 6.07) is 7.41. The standard InChI is InChI=1S/C16H27N3O2/c1-4-19(10-11-21-5-2)13(3)16(20)18-15-8-6-14(12-17)7-9-15/h6-9,13H,4-5,10-12,17H2,1-3H3,(H,18,20). The maximum absolute atomic E-state index is 12.3. The molecule has 1 aromatic rings. The summed E-state index contributed by atoms with van der Waals surface area (Å²) >= 11 is 0. The first-order chi connectivity index (χ1) is 10.1. The highest BCUT2D eigenvalue weighted by Crippen LogP contribution is 2.11. The van der Waals surface area contributed by atoms with Crippen molar-refractivity contribution < 1.29 is 9.53 Å². The second-order valence-corrected chi connectivity index (χ2v) is 4.89. The monoisotopic (exact) mass is 293 g/mol. The molecule has 0 radical (unpaired) electrons. The molecule has 5 nitrogen and oxygen atoms in total. The van der Waals surface area contributed by atoms with Crippen LogP contribution in [0, 0.1) is 0 Å². The molecular weight excluding hydrogens is 266 g/mol. The summed E-state index contributed by atoms with van der Waals surface area (Å²) in [4.78, 5) is 14.4. The number of benzene rings is 1. The lowest BCUT2D eigenvalue weighted by Gasteiger charge is -2.26. The van der Waals surface area contributed by atoms with Crippen LogP contribution in [0.1, 0.15) is 26.3 Å². The summed E-state index contributed by atoms with van der Waals surface area (Å²) in [5.74, 6) is -0.00570. The Bertz CT molecular complexity index is 420. The Balaban J connectivity index is 2.54. The van der Waals surface area contributed by atoms with Gasteiger partial charge in [-0.05, 0) is 38.1 Å². The molecule has 0 aliphatic carbocycles. The van der Waals surface area contributed by atoms with E-state index in [-0.39, 0.29) is 11.9 Å². The zero-order valence-electron chi connectivity index (χ0n) is 13.3. The van der Waals surface area contributed by atoms with Crippen LogP contribution in [-0.2, 0) is 16.1 Å². The van der Waals surface area contributed by atoms with Crippen molar-refractivity contribution in [2.75, 3.05) is 31.6 Å². The van der Waals surface area contributed by atoms with Gasteiger partial charge < -0.3 is 15.8 Å². The smallest absolute Gasteiger partial charge is 0.241 e. The first-order valence-electron chi connectivity index (χ1n) is 7.54. The molecule has 0 fully saturated rings. The van der Waals surface area contributed by atoms with Crippen LogP contribution >= 0.6 is 0 Å². The van der Waals surface area contributed by atoms with E-state index in [1.165, 1.54) is 0 Å². The highest BCUT2D eigenvalue weighted by molar-refractivity contribution is 5.94. The zero-order chi connectivity index (χ0) is 15.7. The number of hydrogen-bond donors (Lipinski definition) is 2. The quantitative estimate of drug-likeness (QED) is 0.682. The largest absolute Gasteiger partial charge is 0.380 e. The minimum absolute atomic E-state index is 0.00570. The van der Waals surface area contributed by atoms with Gasteiger partial charge in [0.15, 0.2) is 0 Å². The Hall–Kier alpha value is -1.43. The number of nitrogens with two attached hydrogens (primary N) is 1. The summed E-state index contributed by atoms with van der Waals surface area (Å²) in [6.07, 6.45) is 0. The molecular formula is C16H27N3O2. The van der Waals surface area contributed by atoms with E-state index in [4.69, 9.17) is 10.5 Å². The van der Waals surface area contributed by atoms with Crippen LogP contribution in [0.25, 0.3) is 0 Å². The van der Waals surface area contributed by atoms with Crippen molar-refractivity contribution in [3.63, 3.8) is 0 Å². The summed E-state index contributed by atoms with van der Waals surface area (Å²) in [7, 11) is 0. The van der Waals surface area contributed by atoms with Gasteiger partial charge in [-0.15, -0.1) is 0 Å². The van der Waals surface area contributed by atoms with Crippen molar-refractivity contribution in [2.45, 2.75) is 33.4 Å². The summed E-state index contributed by atoms with van der Waals surface area (Å²) < 4.78 is 5.35. The topological polar surface area (TPSA) is 67.6 Å². The number of carbonyl (C=O) groups is 1. The Morgan fingerprint density at radius 1 is 1.33 bits per heavy atom. The molecule has 1 unspecified atom stereocenters. The zero-order valence-corrected chi connectivity index (χ0v) is 13.3. The van der Waals surface area contributed by atoms with Gasteiger partial charge in [-0.25, -0.2) is 0 Å². The first-order valence-corrected chi connectivity index (χ1v) is 7.54. The van der Waals surface area contributed by atoms with E-state index in [1.807, 2.05) is 45.0 Å². The van der Waals surface area contributed by atoms with Crippen LogP contribution in [-0.4, -0.2) is 43.2 Å². The lowest BCUT2D eigenvalue weighted by Crippen LogP contribution is -2.43. The Morgan fingerprint density at radius 2 is 2.00 bits per heavy atom. The molecule has 1 aromatic carbocycles. The summed E-state index contributed by atoms with van der Waals surface area (Å²) in [6.45, 7) is 9.35. The highest BCUT2D eigenvalue weighted by atomic mass is 16.5. The molecule has 1 rings (SSSR count). The van der Waals surface area contributed by atoms with Crippen LogP contribution in [0.2, 0.25) is 0 Å². The Kier molecular flexibility index (Phi) is 7.97. The Morgan fingerprint density at radius 3 is 2.52 bits per heavy atom. The average molecular weight is 293 g/mol. The van der Waals surface area contributed by atoms with E-state index >= 15 is 0 Å². The molecule has 118 valence electrons. The van der Waals surface area contributed by atoms with Crippen molar-refractivity contribution >= 4 is 11.6 Å². The van der Waals surface area contributed by atoms with Crippen molar-refractivity contribution in [3.8, 4) is 0 Å². The highest BCUT2D eigenvalue weighted by Gasteiger charge is 2.19. The number of ether oxygens (including phenoxy) is 1. The minimum Gasteiger partial charge on any atom is -0.380 e. The number of rotatable bonds is 9. The van der Waals surface area contributed by atoms with E-state index in [1.54, 1.807) is 0 Å². The average Bonchev–Trinajstić information content (AvgIpc) is 2.51. The number of likely N-dealkylation sites (N-methyl/N-ethyl adjacent to an activating group) is 1. The first kappa shape index (κ1) is 17.6. The van der Waals surface area contributed by atoms with Crippen LogP contribution in [0.4, 0.5) is 5.69 Å². The van der Waals surface area contributed by atoms with E-state index < -0.39 is 0 Å². The van der Waals surface area contributed by atoms with E-state index in [9.17, 15) is 4.79 Å². The second kappa shape index (κ2) is 9.50. The van der Waals surface area contributed by atoms with Crippen molar-refractivity contribution in [3.05, 3.63) is 29.8 Å². The lowest BCUT2D eigenvalue weighted by molar-refractivity contribution is -0.120. The van der Waals surface area contributed by atoms with Crippen LogP contribution < -0.4 is 11.1 Å². The van der Waals surface area contributed by atoms with Crippen molar-refractivity contribution in [1.29, 1.82) is 0 Å². The SMILES string of the molecule is CCOCCN(CC)C(C)C(=O)Nc1ccc(CN)cc1. The molecule has 3 N–H and O–H groups in total. The van der Waals surface area contributed by atoms with E-state index in [2.05, 4.69) is 10.2 Å². The van der Waals surface area contributed by atoms with E-state index in [0.717, 1.165) is 24.3 Å². The third-order valence-corrected chi connectivity index (χ3v) is 3.52.